The number of hydrogen-bond acceptors (Lipinski definition) is 0. The molecular formula is C12H11O. The van der Waals surface area contributed by atoms with Crippen molar-refractivity contribution in [3.8, 4) is 0 Å². The molecule has 0 fully saturated rings. The molecule has 0 heterocycles. The molecule has 2 aromatic carbocycles. The van der Waals surface area contributed by atoms with Crippen molar-refractivity contribution in [2.45, 2.75) is 13.5 Å². The van der Waals surface area contributed by atoms with E-state index in [1.165, 1.54) is 10.9 Å². The number of rotatable bonds is 1. The Hall–Kier alpha value is -1.34. The third-order valence-corrected chi connectivity index (χ3v) is 2.30. The van der Waals surface area contributed by atoms with Crippen LogP contribution in [0.4, 0.5) is 0 Å². The van der Waals surface area contributed by atoms with Crippen LogP contribution < -0.4 is 0 Å². The van der Waals surface area contributed by atoms with Gasteiger partial charge in [0, 0.05) is 0 Å². The minimum atomic E-state index is -0.133. The summed E-state index contributed by atoms with van der Waals surface area (Å²) in [5, 5.41) is 13.1. The van der Waals surface area contributed by atoms with Gasteiger partial charge in [-0.05, 0) is 34.9 Å². The number of benzene rings is 2. The zero-order valence-corrected chi connectivity index (χ0v) is 7.58. The van der Waals surface area contributed by atoms with Crippen molar-refractivity contribution in [3.63, 3.8) is 0 Å². The molecule has 0 N–H and O–H groups in total. The van der Waals surface area contributed by atoms with Gasteiger partial charge in [0.05, 0.1) is 0 Å². The zero-order chi connectivity index (χ0) is 9.26. The van der Waals surface area contributed by atoms with Gasteiger partial charge in [-0.2, -0.15) is 0 Å². The van der Waals surface area contributed by atoms with Crippen molar-refractivity contribution in [1.82, 2.24) is 0 Å². The lowest BCUT2D eigenvalue weighted by Crippen LogP contribution is -1.85. The quantitative estimate of drug-likeness (QED) is 0.628. The van der Waals surface area contributed by atoms with E-state index < -0.39 is 0 Å². The highest BCUT2D eigenvalue weighted by molar-refractivity contribution is 5.86. The van der Waals surface area contributed by atoms with Gasteiger partial charge >= 0.3 is 0 Å². The highest BCUT2D eigenvalue weighted by atomic mass is 16.3. The summed E-state index contributed by atoms with van der Waals surface area (Å²) in [7, 11) is 0. The fraction of sp³-hybridized carbons (Fsp3) is 0.167. The Balaban J connectivity index is 2.77. The summed E-state index contributed by atoms with van der Waals surface area (Å²) in [5.74, 6) is 0. The molecule has 0 atom stereocenters. The highest BCUT2D eigenvalue weighted by Gasteiger charge is 1.98. The van der Waals surface area contributed by atoms with Crippen molar-refractivity contribution in [2.75, 3.05) is 0 Å². The second kappa shape index (κ2) is 3.19. The van der Waals surface area contributed by atoms with Crippen LogP contribution in [0.1, 0.15) is 11.1 Å². The Morgan fingerprint density at radius 1 is 1.15 bits per heavy atom. The lowest BCUT2D eigenvalue weighted by molar-refractivity contribution is 0.177. The summed E-state index contributed by atoms with van der Waals surface area (Å²) in [6.07, 6.45) is 0. The molecule has 0 unspecified atom stereocenters. The Morgan fingerprint density at radius 2 is 1.92 bits per heavy atom. The van der Waals surface area contributed by atoms with Crippen molar-refractivity contribution in [2.24, 2.45) is 0 Å². The molecule has 0 aliphatic heterocycles. The van der Waals surface area contributed by atoms with Crippen LogP contribution in [0.15, 0.2) is 36.4 Å². The van der Waals surface area contributed by atoms with E-state index in [2.05, 4.69) is 6.07 Å². The van der Waals surface area contributed by atoms with E-state index in [0.29, 0.717) is 0 Å². The van der Waals surface area contributed by atoms with Gasteiger partial charge in [-0.1, -0.05) is 30.3 Å². The third-order valence-electron chi connectivity index (χ3n) is 2.30. The fourth-order valence-corrected chi connectivity index (χ4v) is 1.66. The number of fused-ring (bicyclic) bond motifs is 1. The molecule has 2 aromatic rings. The van der Waals surface area contributed by atoms with E-state index >= 15 is 0 Å². The van der Waals surface area contributed by atoms with E-state index in [4.69, 9.17) is 0 Å². The van der Waals surface area contributed by atoms with Crippen LogP contribution in [0, 0.1) is 6.92 Å². The SMILES string of the molecule is Cc1cc(C[O])cc2ccccc12. The minimum Gasteiger partial charge on any atom is -0.232 e. The van der Waals surface area contributed by atoms with Crippen LogP contribution in [-0.2, 0) is 11.7 Å². The molecule has 0 spiro atoms. The first-order valence-corrected chi connectivity index (χ1v) is 4.37. The standard InChI is InChI=1S/C12H11O/c1-9-6-10(8-13)7-11-4-2-3-5-12(9)11/h2-7H,8H2,1H3. The first-order chi connectivity index (χ1) is 6.31. The second-order valence-corrected chi connectivity index (χ2v) is 3.28. The maximum Gasteiger partial charge on any atom is 0.107 e. The topological polar surface area (TPSA) is 19.9 Å². The summed E-state index contributed by atoms with van der Waals surface area (Å²) in [4.78, 5) is 0. The first-order valence-electron chi connectivity index (χ1n) is 4.37. The van der Waals surface area contributed by atoms with Crippen molar-refractivity contribution < 1.29 is 5.11 Å². The molecule has 0 saturated carbocycles. The Labute approximate surface area is 77.6 Å². The fourth-order valence-electron chi connectivity index (χ4n) is 1.66. The van der Waals surface area contributed by atoms with Crippen LogP contribution in [0.5, 0.6) is 0 Å². The van der Waals surface area contributed by atoms with Gasteiger partial charge in [-0.15, -0.1) is 0 Å². The molecule has 0 aliphatic rings. The van der Waals surface area contributed by atoms with Crippen LogP contribution >= 0.6 is 0 Å². The molecule has 0 bridgehead atoms. The monoisotopic (exact) mass is 171 g/mol. The summed E-state index contributed by atoms with van der Waals surface area (Å²) in [6.45, 7) is 1.91. The van der Waals surface area contributed by atoms with E-state index in [1.54, 1.807) is 0 Å². The Bertz CT molecular complexity index is 432. The van der Waals surface area contributed by atoms with Gasteiger partial charge in [-0.25, -0.2) is 5.11 Å². The largest absolute Gasteiger partial charge is 0.232 e. The molecule has 13 heavy (non-hydrogen) atoms. The van der Waals surface area contributed by atoms with Crippen LogP contribution in [0.3, 0.4) is 0 Å². The predicted octanol–water partition coefficient (Wildman–Crippen LogP) is 3.08. The molecule has 0 amide bonds. The summed E-state index contributed by atoms with van der Waals surface area (Å²) < 4.78 is 0. The molecular weight excluding hydrogens is 160 g/mol. The molecule has 1 radical (unpaired) electrons. The minimum absolute atomic E-state index is 0.133. The van der Waals surface area contributed by atoms with Crippen molar-refractivity contribution >= 4 is 10.8 Å². The van der Waals surface area contributed by atoms with Gasteiger partial charge in [0.2, 0.25) is 0 Å². The van der Waals surface area contributed by atoms with Gasteiger partial charge in [0.25, 0.3) is 0 Å². The first kappa shape index (κ1) is 8.27. The van der Waals surface area contributed by atoms with E-state index in [-0.39, 0.29) is 6.61 Å². The molecule has 1 nitrogen and oxygen atoms in total. The normalized spacial score (nSPS) is 10.6. The maximum absolute atomic E-state index is 10.7. The van der Waals surface area contributed by atoms with E-state index in [9.17, 15) is 5.11 Å². The Morgan fingerprint density at radius 3 is 2.69 bits per heavy atom. The second-order valence-electron chi connectivity index (χ2n) is 3.28. The molecule has 0 saturated heterocycles. The smallest absolute Gasteiger partial charge is 0.107 e. The third kappa shape index (κ3) is 1.43. The van der Waals surface area contributed by atoms with Crippen LogP contribution in [0.2, 0.25) is 0 Å². The lowest BCUT2D eigenvalue weighted by Gasteiger charge is -2.03. The van der Waals surface area contributed by atoms with Crippen LogP contribution in [-0.4, -0.2) is 0 Å². The molecule has 65 valence electrons. The Kier molecular flexibility index (Phi) is 2.03. The van der Waals surface area contributed by atoms with Gasteiger partial charge in [0.15, 0.2) is 0 Å². The van der Waals surface area contributed by atoms with Gasteiger partial charge in [-0.3, -0.25) is 0 Å². The molecule has 2 rings (SSSR count). The van der Waals surface area contributed by atoms with Gasteiger partial charge < -0.3 is 0 Å². The predicted molar refractivity (Wildman–Crippen MR) is 53.1 cm³/mol. The summed E-state index contributed by atoms with van der Waals surface area (Å²) in [6, 6.07) is 12.1. The highest BCUT2D eigenvalue weighted by Crippen LogP contribution is 2.20. The van der Waals surface area contributed by atoms with E-state index in [0.717, 1.165) is 10.9 Å². The number of aryl methyl sites for hydroxylation is 1. The average molecular weight is 171 g/mol. The average Bonchev–Trinajstić information content (AvgIpc) is 2.18. The molecule has 0 aromatic heterocycles. The maximum atomic E-state index is 10.7. The summed E-state index contributed by atoms with van der Waals surface area (Å²) >= 11 is 0. The van der Waals surface area contributed by atoms with E-state index in [1.807, 2.05) is 37.3 Å². The van der Waals surface area contributed by atoms with Crippen LogP contribution in [0.25, 0.3) is 10.8 Å². The van der Waals surface area contributed by atoms with Crippen molar-refractivity contribution in [3.05, 3.63) is 47.5 Å². The number of hydrogen-bond donors (Lipinski definition) is 0. The van der Waals surface area contributed by atoms with Gasteiger partial charge in [0.1, 0.15) is 6.61 Å². The summed E-state index contributed by atoms with van der Waals surface area (Å²) in [5.41, 5.74) is 2.06. The lowest BCUT2D eigenvalue weighted by atomic mass is 10.0. The zero-order valence-electron chi connectivity index (χ0n) is 7.58. The molecule has 1 heteroatoms. The van der Waals surface area contributed by atoms with Crippen molar-refractivity contribution in [1.29, 1.82) is 0 Å². The molecule has 0 aliphatic carbocycles.